The fourth-order valence-electron chi connectivity index (χ4n) is 3.07. The van der Waals surface area contributed by atoms with E-state index in [0.29, 0.717) is 29.7 Å². The third-order valence-electron chi connectivity index (χ3n) is 4.67. The summed E-state index contributed by atoms with van der Waals surface area (Å²) in [4.78, 5) is 0.340. The van der Waals surface area contributed by atoms with Gasteiger partial charge < -0.3 is 5.11 Å². The minimum absolute atomic E-state index is 0.0542. The summed E-state index contributed by atoms with van der Waals surface area (Å²) in [6.45, 7) is 1.70. The van der Waals surface area contributed by atoms with Gasteiger partial charge in [0, 0.05) is 13.0 Å². The molecule has 26 heavy (non-hydrogen) atoms. The van der Waals surface area contributed by atoms with E-state index in [-0.39, 0.29) is 25.2 Å². The van der Waals surface area contributed by atoms with Crippen LogP contribution in [0.1, 0.15) is 43.2 Å². The number of aliphatic hydroxyl groups excluding tert-OH is 1. The zero-order valence-corrected chi connectivity index (χ0v) is 16.0. The molecule has 0 heterocycles. The molecule has 3 nitrogen and oxygen atoms in total. The van der Waals surface area contributed by atoms with Crippen LogP contribution in [0.3, 0.4) is 0 Å². The number of aliphatic hydroxyl groups is 1. The molecule has 0 fully saturated rings. The monoisotopic (exact) mass is 378 g/mol. The van der Waals surface area contributed by atoms with Crippen LogP contribution in [0, 0.1) is 6.92 Å². The average Bonchev–Trinajstić information content (AvgIpc) is 2.63. The van der Waals surface area contributed by atoms with Gasteiger partial charge in [-0.25, -0.2) is 12.8 Å². The summed E-state index contributed by atoms with van der Waals surface area (Å²) in [6.07, 6.45) is 2.05. The van der Waals surface area contributed by atoms with E-state index in [1.54, 1.807) is 48.5 Å². The van der Waals surface area contributed by atoms with Crippen LogP contribution in [-0.2, 0) is 15.5 Å². The molecular formula is C21H27FO3S. The van der Waals surface area contributed by atoms with E-state index in [0.717, 1.165) is 5.56 Å². The summed E-state index contributed by atoms with van der Waals surface area (Å²) in [5.41, 5.74) is 0.0283. The van der Waals surface area contributed by atoms with Crippen molar-refractivity contribution in [1.82, 2.24) is 0 Å². The highest BCUT2D eigenvalue weighted by Gasteiger charge is 2.30. The van der Waals surface area contributed by atoms with Crippen LogP contribution < -0.4 is 0 Å². The number of sulfone groups is 1. The Labute approximate surface area is 155 Å². The van der Waals surface area contributed by atoms with Crippen LogP contribution in [0.25, 0.3) is 0 Å². The molecule has 2 rings (SSSR count). The molecule has 0 unspecified atom stereocenters. The summed E-state index contributed by atoms with van der Waals surface area (Å²) in [5, 5.41) is 9.20. The Hall–Kier alpha value is -1.72. The molecule has 0 aromatic heterocycles. The van der Waals surface area contributed by atoms with Crippen molar-refractivity contribution in [2.24, 2.45) is 0 Å². The third-order valence-corrected chi connectivity index (χ3v) is 6.48. The van der Waals surface area contributed by atoms with Crippen molar-refractivity contribution in [3.63, 3.8) is 0 Å². The van der Waals surface area contributed by atoms with Crippen LogP contribution in [0.15, 0.2) is 59.5 Å². The minimum atomic E-state index is -3.29. The van der Waals surface area contributed by atoms with Gasteiger partial charge in [0.05, 0.1) is 10.6 Å². The number of benzene rings is 2. The lowest BCUT2D eigenvalue weighted by Gasteiger charge is -2.25. The number of alkyl halides is 1. The Balaban J connectivity index is 1.86. The smallest absolute Gasteiger partial charge is 0.178 e. The zero-order valence-electron chi connectivity index (χ0n) is 15.2. The van der Waals surface area contributed by atoms with Crippen molar-refractivity contribution >= 4 is 9.84 Å². The van der Waals surface area contributed by atoms with Crippen molar-refractivity contribution in [3.05, 3.63) is 65.7 Å². The van der Waals surface area contributed by atoms with Crippen molar-refractivity contribution in [1.29, 1.82) is 0 Å². The summed E-state index contributed by atoms with van der Waals surface area (Å²) in [7, 11) is -3.29. The van der Waals surface area contributed by atoms with E-state index in [9.17, 15) is 13.5 Å². The molecule has 1 N–H and O–H groups in total. The first kappa shape index (κ1) is 20.6. The van der Waals surface area contributed by atoms with Gasteiger partial charge in [0.15, 0.2) is 9.84 Å². The van der Waals surface area contributed by atoms with E-state index in [1.807, 2.05) is 13.0 Å². The largest absolute Gasteiger partial charge is 0.396 e. The topological polar surface area (TPSA) is 54.4 Å². The number of rotatable bonds is 10. The molecule has 0 spiro atoms. The molecule has 0 bridgehead atoms. The average molecular weight is 379 g/mol. The predicted molar refractivity (Wildman–Crippen MR) is 103 cm³/mol. The van der Waals surface area contributed by atoms with Gasteiger partial charge in [0.25, 0.3) is 0 Å². The molecule has 2 aromatic rings. The van der Waals surface area contributed by atoms with Crippen LogP contribution in [-0.4, -0.2) is 25.9 Å². The highest BCUT2D eigenvalue weighted by atomic mass is 32.2. The molecular weight excluding hydrogens is 351 g/mol. The number of hydrogen-bond donors (Lipinski definition) is 1. The van der Waals surface area contributed by atoms with Gasteiger partial charge in [-0.05, 0) is 43.9 Å². The quantitative estimate of drug-likeness (QED) is 0.616. The Bertz CT molecular complexity index is 773. The Kier molecular flexibility index (Phi) is 7.35. The van der Waals surface area contributed by atoms with Crippen molar-refractivity contribution in [3.8, 4) is 0 Å². The summed E-state index contributed by atoms with van der Waals surface area (Å²) in [5.74, 6) is 0.0701. The number of unbranched alkanes of at least 4 members (excludes halogenated alkanes) is 2. The second-order valence-electron chi connectivity index (χ2n) is 6.75. The van der Waals surface area contributed by atoms with E-state index >= 15 is 4.39 Å². The van der Waals surface area contributed by atoms with Crippen molar-refractivity contribution < 1.29 is 17.9 Å². The third kappa shape index (κ3) is 5.64. The van der Waals surface area contributed by atoms with Crippen molar-refractivity contribution in [2.45, 2.75) is 49.6 Å². The molecule has 2 aromatic carbocycles. The number of halogens is 1. The first-order valence-electron chi connectivity index (χ1n) is 9.02. The molecule has 0 aliphatic heterocycles. The first-order chi connectivity index (χ1) is 12.4. The fraction of sp³-hybridized carbons (Fsp3) is 0.429. The molecule has 0 saturated heterocycles. The molecule has 0 aliphatic carbocycles. The molecule has 0 radical (unpaired) electrons. The molecule has 5 heteroatoms. The lowest BCUT2D eigenvalue weighted by Crippen LogP contribution is -2.22. The van der Waals surface area contributed by atoms with Crippen LogP contribution in [0.2, 0.25) is 0 Å². The van der Waals surface area contributed by atoms with Gasteiger partial charge in [-0.3, -0.25) is 0 Å². The Morgan fingerprint density at radius 1 is 0.923 bits per heavy atom. The lowest BCUT2D eigenvalue weighted by atomic mass is 9.87. The van der Waals surface area contributed by atoms with Crippen LogP contribution in [0.5, 0.6) is 0 Å². The van der Waals surface area contributed by atoms with Gasteiger partial charge in [-0.2, -0.15) is 0 Å². The Morgan fingerprint density at radius 2 is 1.58 bits per heavy atom. The predicted octanol–water partition coefficient (Wildman–Crippen LogP) is 4.58. The normalized spacial score (nSPS) is 14.1. The van der Waals surface area contributed by atoms with Gasteiger partial charge in [0.1, 0.15) is 5.67 Å². The minimum Gasteiger partial charge on any atom is -0.396 e. The van der Waals surface area contributed by atoms with Crippen LogP contribution in [0.4, 0.5) is 4.39 Å². The van der Waals surface area contributed by atoms with Crippen LogP contribution >= 0.6 is 0 Å². The second-order valence-corrected chi connectivity index (χ2v) is 8.86. The molecule has 142 valence electrons. The van der Waals surface area contributed by atoms with E-state index in [2.05, 4.69) is 0 Å². The first-order valence-corrected chi connectivity index (χ1v) is 10.7. The van der Waals surface area contributed by atoms with Gasteiger partial charge >= 0.3 is 0 Å². The number of aryl methyl sites for hydroxylation is 1. The zero-order chi connectivity index (χ0) is 19.0. The molecule has 0 amide bonds. The standard InChI is InChI=1S/C21H27FO3S/c1-18-10-12-20(13-11-18)26(24,25)17-7-3-6-14-21(22,15-16-23)19-8-4-2-5-9-19/h2,4-5,8-13,23H,3,6-7,14-17H2,1H3/t21-/m1/s1. The highest BCUT2D eigenvalue weighted by molar-refractivity contribution is 7.91. The van der Waals surface area contributed by atoms with Gasteiger partial charge in [-0.1, -0.05) is 54.4 Å². The van der Waals surface area contributed by atoms with Crippen molar-refractivity contribution in [2.75, 3.05) is 12.4 Å². The van der Waals surface area contributed by atoms with E-state index in [4.69, 9.17) is 0 Å². The second kappa shape index (κ2) is 9.28. The lowest BCUT2D eigenvalue weighted by molar-refractivity contribution is 0.0996. The maximum atomic E-state index is 15.2. The highest BCUT2D eigenvalue weighted by Crippen LogP contribution is 2.35. The molecule has 0 aliphatic rings. The molecule has 1 atom stereocenters. The fourth-order valence-corrected chi connectivity index (χ4v) is 4.44. The summed E-state index contributed by atoms with van der Waals surface area (Å²) in [6, 6.07) is 15.7. The maximum Gasteiger partial charge on any atom is 0.178 e. The summed E-state index contributed by atoms with van der Waals surface area (Å²) >= 11 is 0. The van der Waals surface area contributed by atoms with Gasteiger partial charge in [-0.15, -0.1) is 0 Å². The van der Waals surface area contributed by atoms with E-state index in [1.165, 1.54) is 0 Å². The summed E-state index contributed by atoms with van der Waals surface area (Å²) < 4.78 is 39.9. The maximum absolute atomic E-state index is 15.2. The van der Waals surface area contributed by atoms with E-state index < -0.39 is 15.5 Å². The Morgan fingerprint density at radius 3 is 2.19 bits per heavy atom. The molecule has 0 saturated carbocycles. The van der Waals surface area contributed by atoms with Gasteiger partial charge in [0.2, 0.25) is 0 Å². The SMILES string of the molecule is Cc1ccc(S(=O)(=O)CCCCC[C@@](F)(CCO)c2ccccc2)cc1. The number of hydrogen-bond acceptors (Lipinski definition) is 3.